The van der Waals surface area contributed by atoms with E-state index < -0.39 is 10.0 Å². The third-order valence-electron chi connectivity index (χ3n) is 4.02. The second kappa shape index (κ2) is 8.20. The van der Waals surface area contributed by atoms with Gasteiger partial charge in [0.2, 0.25) is 0 Å². The van der Waals surface area contributed by atoms with Crippen LogP contribution in [-0.2, 0) is 14.8 Å². The lowest BCUT2D eigenvalue weighted by molar-refractivity contribution is 0.0858. The van der Waals surface area contributed by atoms with Gasteiger partial charge in [-0.15, -0.1) is 0 Å². The number of nitrogens with one attached hydrogen (secondary N) is 2. The first kappa shape index (κ1) is 18.9. The van der Waals surface area contributed by atoms with E-state index in [1.807, 2.05) is 0 Å². The minimum absolute atomic E-state index is 0.0537. The maximum atomic E-state index is 12.5. The van der Waals surface area contributed by atoms with Crippen LogP contribution in [0.2, 0.25) is 0 Å². The summed E-state index contributed by atoms with van der Waals surface area (Å²) in [5.41, 5.74) is 0.719. The fourth-order valence-corrected chi connectivity index (χ4v) is 3.98. The molecule has 26 heavy (non-hydrogen) atoms. The standard InChI is InChI=1S/C18H19BrN2O4S/c19-14-6-8-17(9-7-14)26(23,24)21-15-4-1-3-13(11-15)18(22)20-12-16-5-2-10-25-16/h1,3-4,6-9,11,16,21H,2,5,10,12H2,(H,20,22)/t16-/m0/s1. The second-order valence-corrected chi connectivity index (χ2v) is 8.58. The Morgan fingerprint density at radius 2 is 1.96 bits per heavy atom. The number of halogens is 1. The van der Waals surface area contributed by atoms with E-state index in [-0.39, 0.29) is 16.9 Å². The lowest BCUT2D eigenvalue weighted by Crippen LogP contribution is -2.31. The van der Waals surface area contributed by atoms with Crippen molar-refractivity contribution in [2.24, 2.45) is 0 Å². The largest absolute Gasteiger partial charge is 0.376 e. The molecule has 1 aliphatic rings. The van der Waals surface area contributed by atoms with Crippen molar-refractivity contribution in [3.05, 3.63) is 58.6 Å². The van der Waals surface area contributed by atoms with Crippen LogP contribution in [0.15, 0.2) is 57.9 Å². The number of hydrogen-bond donors (Lipinski definition) is 2. The highest BCUT2D eigenvalue weighted by Crippen LogP contribution is 2.19. The number of sulfonamides is 1. The highest BCUT2D eigenvalue weighted by molar-refractivity contribution is 9.10. The van der Waals surface area contributed by atoms with Gasteiger partial charge in [-0.25, -0.2) is 8.42 Å². The summed E-state index contributed by atoms with van der Waals surface area (Å²) in [6.45, 7) is 1.18. The van der Waals surface area contributed by atoms with Gasteiger partial charge >= 0.3 is 0 Å². The Kier molecular flexibility index (Phi) is 5.95. The molecule has 1 saturated heterocycles. The summed E-state index contributed by atoms with van der Waals surface area (Å²) in [7, 11) is -3.72. The molecule has 0 unspecified atom stereocenters. The molecule has 6 nitrogen and oxygen atoms in total. The van der Waals surface area contributed by atoms with Crippen molar-refractivity contribution in [2.75, 3.05) is 17.9 Å². The molecule has 0 radical (unpaired) electrons. The first-order valence-electron chi connectivity index (χ1n) is 8.22. The van der Waals surface area contributed by atoms with Crippen molar-refractivity contribution in [2.45, 2.75) is 23.8 Å². The number of hydrogen-bond acceptors (Lipinski definition) is 4. The van der Waals surface area contributed by atoms with E-state index in [1.54, 1.807) is 30.3 Å². The molecule has 2 aromatic carbocycles. The first-order valence-corrected chi connectivity index (χ1v) is 10.5. The summed E-state index contributed by atoms with van der Waals surface area (Å²) < 4.78 is 33.7. The van der Waals surface area contributed by atoms with E-state index in [1.165, 1.54) is 18.2 Å². The van der Waals surface area contributed by atoms with E-state index >= 15 is 0 Å². The van der Waals surface area contributed by atoms with Crippen molar-refractivity contribution in [3.63, 3.8) is 0 Å². The molecule has 1 fully saturated rings. The van der Waals surface area contributed by atoms with Gasteiger partial charge in [-0.3, -0.25) is 9.52 Å². The molecule has 0 spiro atoms. The average molecular weight is 439 g/mol. The Hall–Kier alpha value is -1.90. The molecular formula is C18H19BrN2O4S. The van der Waals surface area contributed by atoms with E-state index in [0.29, 0.717) is 17.8 Å². The molecule has 0 aromatic heterocycles. The zero-order valence-electron chi connectivity index (χ0n) is 13.9. The second-order valence-electron chi connectivity index (χ2n) is 5.99. The average Bonchev–Trinajstić information content (AvgIpc) is 3.13. The molecule has 0 saturated carbocycles. The van der Waals surface area contributed by atoms with Gasteiger partial charge in [0, 0.05) is 28.9 Å². The summed E-state index contributed by atoms with van der Waals surface area (Å²) in [5, 5.41) is 2.82. The van der Waals surface area contributed by atoms with Gasteiger partial charge in [-0.05, 0) is 55.3 Å². The number of carbonyl (C=O) groups is 1. The fourth-order valence-electron chi connectivity index (χ4n) is 2.67. The van der Waals surface area contributed by atoms with E-state index in [2.05, 4.69) is 26.0 Å². The molecule has 1 aliphatic heterocycles. The number of carbonyl (C=O) groups excluding carboxylic acids is 1. The van der Waals surface area contributed by atoms with Gasteiger partial charge in [-0.1, -0.05) is 22.0 Å². The predicted molar refractivity (Wildman–Crippen MR) is 103 cm³/mol. The highest BCUT2D eigenvalue weighted by Gasteiger charge is 2.18. The lowest BCUT2D eigenvalue weighted by Gasteiger charge is -2.12. The van der Waals surface area contributed by atoms with Crippen LogP contribution in [0.3, 0.4) is 0 Å². The van der Waals surface area contributed by atoms with Crippen molar-refractivity contribution < 1.29 is 17.9 Å². The summed E-state index contributed by atoms with van der Waals surface area (Å²) in [6.07, 6.45) is 2.00. The summed E-state index contributed by atoms with van der Waals surface area (Å²) in [5.74, 6) is -0.259. The first-order chi connectivity index (χ1) is 12.4. The lowest BCUT2D eigenvalue weighted by atomic mass is 10.2. The third-order valence-corrected chi connectivity index (χ3v) is 5.94. The molecular weight excluding hydrogens is 420 g/mol. The summed E-state index contributed by atoms with van der Waals surface area (Å²) in [6, 6.07) is 12.7. The van der Waals surface area contributed by atoms with Crippen molar-refractivity contribution in [1.82, 2.24) is 5.32 Å². The zero-order valence-corrected chi connectivity index (χ0v) is 16.3. The molecule has 0 bridgehead atoms. The Morgan fingerprint density at radius 3 is 2.65 bits per heavy atom. The Bertz CT molecular complexity index is 878. The van der Waals surface area contributed by atoms with Crippen LogP contribution in [-0.4, -0.2) is 33.6 Å². The van der Waals surface area contributed by atoms with Crippen molar-refractivity contribution in [3.8, 4) is 0 Å². The number of ether oxygens (including phenoxy) is 1. The SMILES string of the molecule is O=C(NC[C@@H]1CCCO1)c1cccc(NS(=O)(=O)c2ccc(Br)cc2)c1. The van der Waals surface area contributed by atoms with Crippen molar-refractivity contribution >= 4 is 37.5 Å². The van der Waals surface area contributed by atoms with E-state index in [0.717, 1.165) is 23.9 Å². The van der Waals surface area contributed by atoms with Crippen LogP contribution in [0.5, 0.6) is 0 Å². The number of rotatable bonds is 6. The smallest absolute Gasteiger partial charge is 0.261 e. The minimum atomic E-state index is -3.72. The van der Waals surface area contributed by atoms with Gasteiger partial charge in [0.25, 0.3) is 15.9 Å². The van der Waals surface area contributed by atoms with Crippen LogP contribution >= 0.6 is 15.9 Å². The molecule has 8 heteroatoms. The monoisotopic (exact) mass is 438 g/mol. The highest BCUT2D eigenvalue weighted by atomic mass is 79.9. The normalized spacial score (nSPS) is 17.0. The van der Waals surface area contributed by atoms with Crippen LogP contribution in [0, 0.1) is 0 Å². The van der Waals surface area contributed by atoms with Crippen LogP contribution in [0.1, 0.15) is 23.2 Å². The van der Waals surface area contributed by atoms with Gasteiger partial charge < -0.3 is 10.1 Å². The quantitative estimate of drug-likeness (QED) is 0.725. The zero-order chi connectivity index (χ0) is 18.6. The maximum Gasteiger partial charge on any atom is 0.261 e. The molecule has 0 aliphatic carbocycles. The molecule has 1 amide bonds. The molecule has 138 valence electrons. The molecule has 1 heterocycles. The Balaban J connectivity index is 1.68. The minimum Gasteiger partial charge on any atom is -0.376 e. The van der Waals surface area contributed by atoms with Crippen LogP contribution in [0.4, 0.5) is 5.69 Å². The van der Waals surface area contributed by atoms with E-state index in [4.69, 9.17) is 4.74 Å². The van der Waals surface area contributed by atoms with E-state index in [9.17, 15) is 13.2 Å². The molecule has 3 rings (SSSR count). The van der Waals surface area contributed by atoms with Gasteiger partial charge in [-0.2, -0.15) is 0 Å². The van der Waals surface area contributed by atoms with Gasteiger partial charge in [0.1, 0.15) is 0 Å². The molecule has 2 N–H and O–H groups in total. The third kappa shape index (κ3) is 4.84. The van der Waals surface area contributed by atoms with Crippen LogP contribution in [0.25, 0.3) is 0 Å². The maximum absolute atomic E-state index is 12.5. The van der Waals surface area contributed by atoms with Gasteiger partial charge in [0.05, 0.1) is 11.0 Å². The Labute approximate surface area is 161 Å². The molecule has 2 aromatic rings. The fraction of sp³-hybridized carbons (Fsp3) is 0.278. The number of benzene rings is 2. The topological polar surface area (TPSA) is 84.5 Å². The predicted octanol–water partition coefficient (Wildman–Crippen LogP) is 3.16. The summed E-state index contributed by atoms with van der Waals surface area (Å²) >= 11 is 3.27. The molecule has 1 atom stereocenters. The number of anilines is 1. The summed E-state index contributed by atoms with van der Waals surface area (Å²) in [4.78, 5) is 12.4. The Morgan fingerprint density at radius 1 is 1.19 bits per heavy atom. The van der Waals surface area contributed by atoms with Crippen LogP contribution < -0.4 is 10.0 Å². The van der Waals surface area contributed by atoms with Gasteiger partial charge in [0.15, 0.2) is 0 Å². The van der Waals surface area contributed by atoms with Crippen molar-refractivity contribution in [1.29, 1.82) is 0 Å². The number of amides is 1.